The van der Waals surface area contributed by atoms with Crippen LogP contribution >= 0.6 is 0 Å². The van der Waals surface area contributed by atoms with Crippen LogP contribution in [0.4, 0.5) is 0 Å². The number of furan rings is 1. The molecule has 0 unspecified atom stereocenters. The van der Waals surface area contributed by atoms with Gasteiger partial charge in [0.05, 0.1) is 12.6 Å². The molecule has 3 heterocycles. The Kier molecular flexibility index (Phi) is 1.71. The smallest absolute Gasteiger partial charge is 0.223 e. The largest absolute Gasteiger partial charge is 0.464 e. The number of rotatable bonds is 0. The van der Waals surface area contributed by atoms with E-state index in [0.29, 0.717) is 13.0 Å². The molecular weight excluding hydrogens is 194 g/mol. The molecule has 1 N–H and O–H groups in total. The molecule has 0 radical (unpaired) electrons. The van der Waals surface area contributed by atoms with Gasteiger partial charge in [0.1, 0.15) is 17.6 Å². The number of fused-ring (bicyclic) bond motifs is 2. The van der Waals surface area contributed by atoms with Crippen LogP contribution in [0.5, 0.6) is 0 Å². The molecule has 1 fully saturated rings. The lowest BCUT2D eigenvalue weighted by atomic mass is 9.97. The second-order valence-electron chi connectivity index (χ2n) is 4.31. The van der Waals surface area contributed by atoms with Crippen LogP contribution < -0.4 is 0 Å². The lowest BCUT2D eigenvalue weighted by Gasteiger charge is -2.32. The molecule has 1 aromatic rings. The van der Waals surface area contributed by atoms with Gasteiger partial charge >= 0.3 is 0 Å². The third-order valence-electron chi connectivity index (χ3n) is 3.34. The average Bonchev–Trinajstić information content (AvgIpc) is 2.72. The van der Waals surface area contributed by atoms with Crippen LogP contribution in [0, 0.1) is 6.92 Å². The van der Waals surface area contributed by atoms with Crippen LogP contribution in [-0.4, -0.2) is 22.0 Å². The van der Waals surface area contributed by atoms with Crippen molar-refractivity contribution in [2.24, 2.45) is 0 Å². The number of nitrogens with zero attached hydrogens (tertiary/aromatic N) is 1. The van der Waals surface area contributed by atoms with Gasteiger partial charge in [0.15, 0.2) is 0 Å². The molecular formula is C11H13NO3. The minimum absolute atomic E-state index is 0.0398. The fourth-order valence-electron chi connectivity index (χ4n) is 2.61. The van der Waals surface area contributed by atoms with Gasteiger partial charge in [-0.3, -0.25) is 4.79 Å². The molecule has 2 aliphatic heterocycles. The normalized spacial score (nSPS) is 29.2. The summed E-state index contributed by atoms with van der Waals surface area (Å²) in [5, 5.41) is 10.1. The highest BCUT2D eigenvalue weighted by molar-refractivity contribution is 5.79. The Morgan fingerprint density at radius 2 is 2.40 bits per heavy atom. The SMILES string of the molecule is Cc1cc2c(o1)CN1C(=O)CC[C@H]1[C@H]2O. The molecule has 80 valence electrons. The number of amides is 1. The molecule has 1 amide bonds. The van der Waals surface area contributed by atoms with Crippen molar-refractivity contribution >= 4 is 5.91 Å². The number of hydrogen-bond donors (Lipinski definition) is 1. The van der Waals surface area contributed by atoms with Crippen LogP contribution in [0.2, 0.25) is 0 Å². The van der Waals surface area contributed by atoms with Crippen molar-refractivity contribution in [3.8, 4) is 0 Å². The molecule has 0 bridgehead atoms. The predicted octanol–water partition coefficient (Wildman–Crippen LogP) is 1.13. The summed E-state index contributed by atoms with van der Waals surface area (Å²) in [7, 11) is 0. The Morgan fingerprint density at radius 3 is 3.20 bits per heavy atom. The Labute approximate surface area is 87.5 Å². The maximum absolute atomic E-state index is 11.5. The van der Waals surface area contributed by atoms with Gasteiger partial charge < -0.3 is 14.4 Å². The van der Waals surface area contributed by atoms with E-state index in [-0.39, 0.29) is 11.9 Å². The Bertz CT molecular complexity index is 423. The molecule has 15 heavy (non-hydrogen) atoms. The quantitative estimate of drug-likeness (QED) is 0.693. The van der Waals surface area contributed by atoms with E-state index in [1.54, 1.807) is 4.90 Å². The Hall–Kier alpha value is -1.29. The summed E-state index contributed by atoms with van der Waals surface area (Å²) in [6.45, 7) is 2.38. The summed E-state index contributed by atoms with van der Waals surface area (Å²) in [5.41, 5.74) is 0.864. The topological polar surface area (TPSA) is 53.7 Å². The molecule has 0 saturated carbocycles. The molecule has 1 aromatic heterocycles. The number of carbonyl (C=O) groups excluding carboxylic acids is 1. The molecule has 0 spiro atoms. The van der Waals surface area contributed by atoms with Gasteiger partial charge in [0.2, 0.25) is 5.91 Å². The predicted molar refractivity (Wildman–Crippen MR) is 52.0 cm³/mol. The summed E-state index contributed by atoms with van der Waals surface area (Å²) < 4.78 is 5.48. The molecule has 3 rings (SSSR count). The first kappa shape index (κ1) is 8.97. The summed E-state index contributed by atoms with van der Waals surface area (Å²) in [6, 6.07) is 1.84. The monoisotopic (exact) mass is 207 g/mol. The maximum atomic E-state index is 11.5. The molecule has 2 aliphatic rings. The highest BCUT2D eigenvalue weighted by Gasteiger charge is 2.42. The van der Waals surface area contributed by atoms with E-state index in [0.717, 1.165) is 23.5 Å². The number of carbonyl (C=O) groups is 1. The molecule has 4 nitrogen and oxygen atoms in total. The second kappa shape index (κ2) is 2.85. The number of aliphatic hydroxyl groups is 1. The van der Waals surface area contributed by atoms with Crippen molar-refractivity contribution in [2.75, 3.05) is 0 Å². The van der Waals surface area contributed by atoms with Crippen LogP contribution in [0.25, 0.3) is 0 Å². The highest BCUT2D eigenvalue weighted by atomic mass is 16.3. The van der Waals surface area contributed by atoms with Crippen molar-refractivity contribution < 1.29 is 14.3 Å². The van der Waals surface area contributed by atoms with Crippen LogP contribution in [0.1, 0.15) is 36.0 Å². The van der Waals surface area contributed by atoms with Gasteiger partial charge in [0, 0.05) is 12.0 Å². The maximum Gasteiger partial charge on any atom is 0.223 e. The van der Waals surface area contributed by atoms with E-state index in [9.17, 15) is 9.90 Å². The first-order valence-electron chi connectivity index (χ1n) is 5.23. The highest BCUT2D eigenvalue weighted by Crippen LogP contribution is 2.38. The molecule has 0 aliphatic carbocycles. The van der Waals surface area contributed by atoms with E-state index >= 15 is 0 Å². The van der Waals surface area contributed by atoms with E-state index in [1.165, 1.54) is 0 Å². The van der Waals surface area contributed by atoms with E-state index in [4.69, 9.17) is 4.42 Å². The Balaban J connectivity index is 2.05. The second-order valence-corrected chi connectivity index (χ2v) is 4.31. The Morgan fingerprint density at radius 1 is 1.60 bits per heavy atom. The molecule has 2 atom stereocenters. The zero-order chi connectivity index (χ0) is 10.6. The van der Waals surface area contributed by atoms with Crippen molar-refractivity contribution in [3.05, 3.63) is 23.2 Å². The van der Waals surface area contributed by atoms with E-state index < -0.39 is 6.10 Å². The lowest BCUT2D eigenvalue weighted by molar-refractivity contribution is -0.132. The van der Waals surface area contributed by atoms with Crippen LogP contribution in [0.15, 0.2) is 10.5 Å². The standard InChI is InChI=1S/C11H13NO3/c1-6-4-7-9(15-6)5-12-8(11(7)14)2-3-10(12)13/h4,8,11,14H,2-3,5H2,1H3/t8-,11-/m0/s1. The van der Waals surface area contributed by atoms with Gasteiger partial charge in [-0.2, -0.15) is 0 Å². The van der Waals surface area contributed by atoms with Crippen LogP contribution in [-0.2, 0) is 11.3 Å². The van der Waals surface area contributed by atoms with Crippen molar-refractivity contribution in [3.63, 3.8) is 0 Å². The van der Waals surface area contributed by atoms with Crippen LogP contribution in [0.3, 0.4) is 0 Å². The van der Waals surface area contributed by atoms with Gasteiger partial charge in [-0.1, -0.05) is 0 Å². The summed E-state index contributed by atoms with van der Waals surface area (Å²) in [6.07, 6.45) is 0.729. The van der Waals surface area contributed by atoms with E-state index in [1.807, 2.05) is 13.0 Å². The van der Waals surface area contributed by atoms with Crippen molar-refractivity contribution in [2.45, 2.75) is 38.5 Å². The summed E-state index contributed by atoms with van der Waals surface area (Å²) in [4.78, 5) is 13.3. The lowest BCUT2D eigenvalue weighted by Crippen LogP contribution is -2.40. The molecule has 1 saturated heterocycles. The summed E-state index contributed by atoms with van der Waals surface area (Å²) >= 11 is 0. The number of aryl methyl sites for hydroxylation is 1. The average molecular weight is 207 g/mol. The molecule has 0 aromatic carbocycles. The first-order valence-corrected chi connectivity index (χ1v) is 5.23. The number of hydrogen-bond acceptors (Lipinski definition) is 3. The van der Waals surface area contributed by atoms with Gasteiger partial charge in [0.25, 0.3) is 0 Å². The van der Waals surface area contributed by atoms with Gasteiger partial charge in [-0.15, -0.1) is 0 Å². The fourth-order valence-corrected chi connectivity index (χ4v) is 2.61. The minimum Gasteiger partial charge on any atom is -0.464 e. The molecule has 4 heteroatoms. The van der Waals surface area contributed by atoms with Gasteiger partial charge in [-0.25, -0.2) is 0 Å². The van der Waals surface area contributed by atoms with Gasteiger partial charge in [-0.05, 0) is 19.4 Å². The van der Waals surface area contributed by atoms with Crippen molar-refractivity contribution in [1.29, 1.82) is 0 Å². The third-order valence-corrected chi connectivity index (χ3v) is 3.34. The fraction of sp³-hybridized carbons (Fsp3) is 0.545. The number of aliphatic hydroxyl groups excluding tert-OH is 1. The zero-order valence-electron chi connectivity index (χ0n) is 8.56. The van der Waals surface area contributed by atoms with Crippen molar-refractivity contribution in [1.82, 2.24) is 4.90 Å². The third kappa shape index (κ3) is 1.14. The van der Waals surface area contributed by atoms with E-state index in [2.05, 4.69) is 0 Å². The first-order chi connectivity index (χ1) is 7.16. The summed E-state index contributed by atoms with van der Waals surface area (Å²) in [5.74, 6) is 1.66. The minimum atomic E-state index is -0.572. The zero-order valence-corrected chi connectivity index (χ0v) is 8.56.